The zero-order valence-electron chi connectivity index (χ0n) is 14.1. The van der Waals surface area contributed by atoms with Crippen molar-refractivity contribution >= 4 is 5.97 Å². The van der Waals surface area contributed by atoms with Gasteiger partial charge in [-0.05, 0) is 38.3 Å². The minimum absolute atomic E-state index is 0.0252. The molecule has 1 aromatic rings. The first-order valence-electron chi connectivity index (χ1n) is 8.66. The fourth-order valence-corrected chi connectivity index (χ4v) is 2.38. The van der Waals surface area contributed by atoms with E-state index >= 15 is 0 Å². The van der Waals surface area contributed by atoms with Crippen molar-refractivity contribution in [2.45, 2.75) is 71.4 Å². The van der Waals surface area contributed by atoms with Gasteiger partial charge in [0.25, 0.3) is 0 Å². The molecule has 0 bridgehead atoms. The Bertz CT molecular complexity index is 392. The van der Waals surface area contributed by atoms with Gasteiger partial charge in [-0.25, -0.2) is 0 Å². The second-order valence-corrected chi connectivity index (χ2v) is 5.92. The fraction of sp³-hybridized carbons (Fsp3) is 0.632. The summed E-state index contributed by atoms with van der Waals surface area (Å²) in [5.74, 6) is -0.0409. The molecule has 1 N–H and O–H groups in total. The Balaban J connectivity index is 1.98. The van der Waals surface area contributed by atoms with Crippen molar-refractivity contribution in [3.8, 4) is 0 Å². The Morgan fingerprint density at radius 2 is 1.91 bits per heavy atom. The van der Waals surface area contributed by atoms with Crippen LogP contribution < -0.4 is 5.32 Å². The molecule has 0 saturated heterocycles. The minimum atomic E-state index is -0.0409. The van der Waals surface area contributed by atoms with Crippen LogP contribution in [0.15, 0.2) is 30.3 Å². The number of hydrogen-bond donors (Lipinski definition) is 1. The Morgan fingerprint density at radius 3 is 2.64 bits per heavy atom. The third-order valence-electron chi connectivity index (χ3n) is 3.70. The molecule has 0 aromatic heterocycles. The van der Waals surface area contributed by atoms with Gasteiger partial charge in [-0.15, -0.1) is 0 Å². The van der Waals surface area contributed by atoms with Gasteiger partial charge in [0.1, 0.15) is 0 Å². The van der Waals surface area contributed by atoms with E-state index in [4.69, 9.17) is 4.74 Å². The highest BCUT2D eigenvalue weighted by Gasteiger charge is 2.08. The first-order valence-corrected chi connectivity index (χ1v) is 8.66. The van der Waals surface area contributed by atoms with Crippen molar-refractivity contribution in [1.82, 2.24) is 5.32 Å². The number of carbonyl (C=O) groups is 1. The molecule has 1 rings (SSSR count). The van der Waals surface area contributed by atoms with Gasteiger partial charge >= 0.3 is 5.97 Å². The standard InChI is InChI=1S/C19H31NO2/c1-3-4-5-9-14-19(21)22-17(2)11-10-15-20-16-18-12-7-6-8-13-18/h6-8,12-13,17,20H,3-5,9-11,14-16H2,1-2H3. The number of rotatable bonds is 12. The van der Waals surface area contributed by atoms with Crippen LogP contribution in [0.25, 0.3) is 0 Å². The molecule has 22 heavy (non-hydrogen) atoms. The number of esters is 1. The first-order chi connectivity index (χ1) is 10.7. The van der Waals surface area contributed by atoms with E-state index in [1.54, 1.807) is 0 Å². The van der Waals surface area contributed by atoms with Gasteiger partial charge in [0.05, 0.1) is 6.10 Å². The Kier molecular flexibility index (Phi) is 10.4. The highest BCUT2D eigenvalue weighted by molar-refractivity contribution is 5.69. The highest BCUT2D eigenvalue weighted by atomic mass is 16.5. The summed E-state index contributed by atoms with van der Waals surface area (Å²) in [6.07, 6.45) is 7.02. The molecule has 0 aliphatic rings. The van der Waals surface area contributed by atoms with E-state index in [1.807, 2.05) is 13.0 Å². The smallest absolute Gasteiger partial charge is 0.306 e. The summed E-state index contributed by atoms with van der Waals surface area (Å²) in [5.41, 5.74) is 1.30. The SMILES string of the molecule is CCCCCCC(=O)OC(C)CCCNCc1ccccc1. The van der Waals surface area contributed by atoms with Crippen molar-refractivity contribution in [3.63, 3.8) is 0 Å². The summed E-state index contributed by atoms with van der Waals surface area (Å²) in [6.45, 7) is 6.01. The van der Waals surface area contributed by atoms with Crippen LogP contribution in [-0.2, 0) is 16.1 Å². The van der Waals surface area contributed by atoms with Gasteiger partial charge in [0, 0.05) is 13.0 Å². The third kappa shape index (κ3) is 9.56. The zero-order chi connectivity index (χ0) is 16.0. The van der Waals surface area contributed by atoms with E-state index in [2.05, 4.69) is 36.5 Å². The molecule has 0 aliphatic carbocycles. The lowest BCUT2D eigenvalue weighted by Gasteiger charge is -2.13. The molecule has 124 valence electrons. The molecule has 1 atom stereocenters. The largest absolute Gasteiger partial charge is 0.463 e. The predicted molar refractivity (Wildman–Crippen MR) is 91.7 cm³/mol. The molecule has 0 fully saturated rings. The molecular formula is C19H31NO2. The van der Waals surface area contributed by atoms with E-state index in [1.165, 1.54) is 18.4 Å². The van der Waals surface area contributed by atoms with E-state index in [9.17, 15) is 4.79 Å². The van der Waals surface area contributed by atoms with E-state index < -0.39 is 0 Å². The molecule has 0 spiro atoms. The molecule has 1 aromatic carbocycles. The topological polar surface area (TPSA) is 38.3 Å². The monoisotopic (exact) mass is 305 g/mol. The molecule has 3 heteroatoms. The van der Waals surface area contributed by atoms with Crippen LogP contribution in [0.5, 0.6) is 0 Å². The summed E-state index contributed by atoms with van der Waals surface area (Å²) in [6, 6.07) is 10.4. The average Bonchev–Trinajstić information content (AvgIpc) is 2.52. The van der Waals surface area contributed by atoms with E-state index in [0.29, 0.717) is 6.42 Å². The Hall–Kier alpha value is -1.35. The summed E-state index contributed by atoms with van der Waals surface area (Å²) >= 11 is 0. The summed E-state index contributed by atoms with van der Waals surface area (Å²) < 4.78 is 5.43. The van der Waals surface area contributed by atoms with Gasteiger partial charge in [-0.1, -0.05) is 56.5 Å². The van der Waals surface area contributed by atoms with Crippen LogP contribution in [0.3, 0.4) is 0 Å². The molecule has 3 nitrogen and oxygen atoms in total. The summed E-state index contributed by atoms with van der Waals surface area (Å²) in [7, 11) is 0. The summed E-state index contributed by atoms with van der Waals surface area (Å²) in [4.78, 5) is 11.7. The van der Waals surface area contributed by atoms with Gasteiger partial charge < -0.3 is 10.1 Å². The number of benzene rings is 1. The zero-order valence-corrected chi connectivity index (χ0v) is 14.1. The average molecular weight is 305 g/mol. The van der Waals surface area contributed by atoms with Crippen molar-refractivity contribution < 1.29 is 9.53 Å². The lowest BCUT2D eigenvalue weighted by atomic mass is 10.1. The van der Waals surface area contributed by atoms with Crippen molar-refractivity contribution in [1.29, 1.82) is 0 Å². The molecule has 0 aliphatic heterocycles. The lowest BCUT2D eigenvalue weighted by molar-refractivity contribution is -0.148. The molecule has 1 unspecified atom stereocenters. The fourth-order valence-electron chi connectivity index (χ4n) is 2.38. The maximum atomic E-state index is 11.7. The number of hydrogen-bond acceptors (Lipinski definition) is 3. The van der Waals surface area contributed by atoms with Crippen LogP contribution in [0.2, 0.25) is 0 Å². The van der Waals surface area contributed by atoms with Crippen molar-refractivity contribution in [2.75, 3.05) is 6.54 Å². The van der Waals surface area contributed by atoms with Gasteiger partial charge in [-0.2, -0.15) is 0 Å². The molecule has 0 heterocycles. The van der Waals surface area contributed by atoms with Crippen molar-refractivity contribution in [3.05, 3.63) is 35.9 Å². The van der Waals surface area contributed by atoms with E-state index in [-0.39, 0.29) is 12.1 Å². The number of ether oxygens (including phenoxy) is 1. The summed E-state index contributed by atoms with van der Waals surface area (Å²) in [5, 5.41) is 3.42. The van der Waals surface area contributed by atoms with Crippen molar-refractivity contribution in [2.24, 2.45) is 0 Å². The van der Waals surface area contributed by atoms with Gasteiger partial charge in [0.15, 0.2) is 0 Å². The highest BCUT2D eigenvalue weighted by Crippen LogP contribution is 2.07. The second-order valence-electron chi connectivity index (χ2n) is 5.92. The number of unbranched alkanes of at least 4 members (excludes halogenated alkanes) is 3. The molecule has 0 amide bonds. The van der Waals surface area contributed by atoms with E-state index in [0.717, 1.165) is 38.8 Å². The van der Waals surface area contributed by atoms with Crippen LogP contribution >= 0.6 is 0 Å². The third-order valence-corrected chi connectivity index (χ3v) is 3.70. The van der Waals surface area contributed by atoms with Crippen LogP contribution in [0.4, 0.5) is 0 Å². The molecule has 0 radical (unpaired) electrons. The number of carbonyl (C=O) groups excluding carboxylic acids is 1. The minimum Gasteiger partial charge on any atom is -0.463 e. The van der Waals surface area contributed by atoms with Gasteiger partial charge in [0.2, 0.25) is 0 Å². The number of nitrogens with one attached hydrogen (secondary N) is 1. The molecule has 0 saturated carbocycles. The van der Waals surface area contributed by atoms with Crippen LogP contribution in [0.1, 0.15) is 64.4 Å². The maximum Gasteiger partial charge on any atom is 0.306 e. The Labute approximate surface area is 135 Å². The Morgan fingerprint density at radius 1 is 1.14 bits per heavy atom. The van der Waals surface area contributed by atoms with Crippen LogP contribution in [-0.4, -0.2) is 18.6 Å². The van der Waals surface area contributed by atoms with Crippen LogP contribution in [0, 0.1) is 0 Å². The van der Waals surface area contributed by atoms with Gasteiger partial charge in [-0.3, -0.25) is 4.79 Å². The quantitative estimate of drug-likeness (QED) is 0.458. The second kappa shape index (κ2) is 12.2. The predicted octanol–water partition coefficient (Wildman–Crippen LogP) is 4.46. The normalized spacial score (nSPS) is 12.1. The maximum absolute atomic E-state index is 11.7. The first kappa shape index (κ1) is 18.7. The lowest BCUT2D eigenvalue weighted by Crippen LogP contribution is -2.19. The molecular weight excluding hydrogens is 274 g/mol.